The molecule has 2 rings (SSSR count). The molecule has 0 radical (unpaired) electrons. The largest absolute Gasteiger partial charge is 0.310 e. The van der Waals surface area contributed by atoms with Crippen LogP contribution in [0.25, 0.3) is 0 Å². The monoisotopic (exact) mass is 238 g/mol. The summed E-state index contributed by atoms with van der Waals surface area (Å²) in [4.78, 5) is 13.0. The van der Waals surface area contributed by atoms with Crippen LogP contribution in [0, 0.1) is 17.1 Å². The van der Waals surface area contributed by atoms with Crippen molar-refractivity contribution in [3.8, 4) is 6.07 Å². The van der Waals surface area contributed by atoms with Crippen molar-refractivity contribution in [1.82, 2.24) is 0 Å². The molecule has 0 N–H and O–H groups in total. The Kier molecular flexibility index (Phi) is 2.80. The molecule has 3 nitrogen and oxygen atoms in total. The number of carbonyl (C=O) groups is 1. The van der Waals surface area contributed by atoms with Gasteiger partial charge in [0, 0.05) is 13.0 Å². The third-order valence-electron chi connectivity index (χ3n) is 2.45. The predicted octanol–water partition coefficient (Wildman–Crippen LogP) is 2.04. The molecular weight excluding hydrogens is 231 g/mol. The summed E-state index contributed by atoms with van der Waals surface area (Å²) in [5, 5.41) is 8.62. The van der Waals surface area contributed by atoms with Crippen LogP contribution in [0.2, 0.25) is 0 Å². The van der Waals surface area contributed by atoms with Crippen LogP contribution in [0.5, 0.6) is 0 Å². The van der Waals surface area contributed by atoms with Gasteiger partial charge >= 0.3 is 0 Å². The lowest BCUT2D eigenvalue weighted by atomic mass is 10.1. The van der Waals surface area contributed by atoms with E-state index in [-0.39, 0.29) is 23.3 Å². The lowest BCUT2D eigenvalue weighted by molar-refractivity contribution is -0.117. The molecule has 1 amide bonds. The summed E-state index contributed by atoms with van der Waals surface area (Å²) in [5.41, 5.74) is 0.580. The molecule has 16 heavy (non-hydrogen) atoms. The lowest BCUT2D eigenvalue weighted by Crippen LogP contribution is -2.25. The first-order valence-corrected chi connectivity index (χ1v) is 5.19. The lowest BCUT2D eigenvalue weighted by Gasteiger charge is -2.17. The molecule has 1 unspecified atom stereocenters. The SMILES string of the molecule is N#Cc1cc(F)ccc1N1CC(Cl)CC1=O. The number of rotatable bonds is 1. The van der Waals surface area contributed by atoms with Gasteiger partial charge in [-0.25, -0.2) is 4.39 Å². The zero-order valence-electron chi connectivity index (χ0n) is 8.28. The molecule has 1 aromatic rings. The smallest absolute Gasteiger partial charge is 0.228 e. The Morgan fingerprint density at radius 1 is 1.56 bits per heavy atom. The minimum Gasteiger partial charge on any atom is -0.310 e. The number of amides is 1. The molecule has 1 atom stereocenters. The minimum absolute atomic E-state index is 0.136. The molecule has 0 spiro atoms. The fourth-order valence-electron chi connectivity index (χ4n) is 1.73. The second-order valence-electron chi connectivity index (χ2n) is 3.58. The summed E-state index contributed by atoms with van der Waals surface area (Å²) in [7, 11) is 0. The number of anilines is 1. The third-order valence-corrected chi connectivity index (χ3v) is 2.74. The standard InChI is InChI=1S/C11H8ClFN2O/c12-8-4-11(16)15(6-8)10-2-1-9(13)3-7(10)5-14/h1-3,8H,4,6H2. The summed E-state index contributed by atoms with van der Waals surface area (Å²) in [6.45, 7) is 0.362. The number of hydrogen-bond acceptors (Lipinski definition) is 2. The third kappa shape index (κ3) is 1.86. The highest BCUT2D eigenvalue weighted by atomic mass is 35.5. The first-order valence-electron chi connectivity index (χ1n) is 4.76. The van der Waals surface area contributed by atoms with Gasteiger partial charge in [-0.15, -0.1) is 11.6 Å². The number of nitriles is 1. The van der Waals surface area contributed by atoms with Gasteiger partial charge in [-0.2, -0.15) is 5.26 Å². The molecule has 1 aliphatic heterocycles. The average Bonchev–Trinajstić information content (AvgIpc) is 2.57. The first kappa shape index (κ1) is 10.9. The Bertz CT molecular complexity index is 483. The van der Waals surface area contributed by atoms with E-state index in [1.54, 1.807) is 0 Å². The Hall–Kier alpha value is -1.60. The van der Waals surface area contributed by atoms with Crippen molar-refractivity contribution in [2.45, 2.75) is 11.8 Å². The van der Waals surface area contributed by atoms with Crippen molar-refractivity contribution in [1.29, 1.82) is 5.26 Å². The van der Waals surface area contributed by atoms with Gasteiger partial charge in [0.25, 0.3) is 0 Å². The summed E-state index contributed by atoms with van der Waals surface area (Å²) in [5.74, 6) is -0.627. The topological polar surface area (TPSA) is 44.1 Å². The van der Waals surface area contributed by atoms with Gasteiger partial charge in [-0.3, -0.25) is 4.79 Å². The summed E-state index contributed by atoms with van der Waals surface area (Å²) < 4.78 is 12.9. The molecule has 1 heterocycles. The van der Waals surface area contributed by atoms with Crippen LogP contribution < -0.4 is 4.90 Å². The highest BCUT2D eigenvalue weighted by molar-refractivity contribution is 6.24. The maximum atomic E-state index is 12.9. The Morgan fingerprint density at radius 3 is 2.88 bits per heavy atom. The van der Waals surface area contributed by atoms with E-state index in [0.29, 0.717) is 12.2 Å². The van der Waals surface area contributed by atoms with E-state index >= 15 is 0 Å². The fourth-order valence-corrected chi connectivity index (χ4v) is 2.00. The van der Waals surface area contributed by atoms with Gasteiger partial charge < -0.3 is 4.90 Å². The maximum absolute atomic E-state index is 12.9. The quantitative estimate of drug-likeness (QED) is 0.703. The van der Waals surface area contributed by atoms with Gasteiger partial charge in [0.2, 0.25) is 5.91 Å². The van der Waals surface area contributed by atoms with Crippen molar-refractivity contribution in [3.63, 3.8) is 0 Å². The van der Waals surface area contributed by atoms with Crippen molar-refractivity contribution in [2.75, 3.05) is 11.4 Å². The molecule has 1 aromatic carbocycles. The molecule has 0 bridgehead atoms. The summed E-state index contributed by atoms with van der Waals surface area (Å²) in [6.07, 6.45) is 0.254. The highest BCUT2D eigenvalue weighted by Gasteiger charge is 2.30. The van der Waals surface area contributed by atoms with E-state index in [4.69, 9.17) is 16.9 Å². The molecule has 1 fully saturated rings. The number of benzene rings is 1. The molecule has 1 aliphatic rings. The Balaban J connectivity index is 2.41. The van der Waals surface area contributed by atoms with Crippen molar-refractivity contribution < 1.29 is 9.18 Å². The van der Waals surface area contributed by atoms with Crippen molar-refractivity contribution >= 4 is 23.2 Å². The van der Waals surface area contributed by atoms with Crippen LogP contribution in [0.4, 0.5) is 10.1 Å². The molecule has 82 valence electrons. The van der Waals surface area contributed by atoms with E-state index in [9.17, 15) is 9.18 Å². The molecule has 1 saturated heterocycles. The van der Waals surface area contributed by atoms with Gasteiger partial charge in [0.15, 0.2) is 0 Å². The van der Waals surface area contributed by atoms with E-state index in [2.05, 4.69) is 0 Å². The second-order valence-corrected chi connectivity index (χ2v) is 4.20. The van der Waals surface area contributed by atoms with Crippen LogP contribution in [-0.4, -0.2) is 17.8 Å². The Labute approximate surface area is 97.0 Å². The van der Waals surface area contributed by atoms with E-state index in [1.807, 2.05) is 6.07 Å². The average molecular weight is 239 g/mol. The van der Waals surface area contributed by atoms with Crippen LogP contribution in [0.15, 0.2) is 18.2 Å². The second kappa shape index (κ2) is 4.11. The molecule has 0 aromatic heterocycles. The summed E-state index contributed by atoms with van der Waals surface area (Å²) in [6, 6.07) is 5.65. The fraction of sp³-hybridized carbons (Fsp3) is 0.273. The van der Waals surface area contributed by atoms with E-state index in [0.717, 1.165) is 6.07 Å². The van der Waals surface area contributed by atoms with E-state index in [1.165, 1.54) is 17.0 Å². The maximum Gasteiger partial charge on any atom is 0.228 e. The predicted molar refractivity (Wildman–Crippen MR) is 57.7 cm³/mol. The number of halogens is 2. The number of alkyl halides is 1. The van der Waals surface area contributed by atoms with Crippen LogP contribution in [-0.2, 0) is 4.79 Å². The normalized spacial score (nSPS) is 19.9. The van der Waals surface area contributed by atoms with Gasteiger partial charge in [-0.05, 0) is 18.2 Å². The minimum atomic E-state index is -0.491. The van der Waals surface area contributed by atoms with Crippen molar-refractivity contribution in [3.05, 3.63) is 29.6 Å². The highest BCUT2D eigenvalue weighted by Crippen LogP contribution is 2.27. The molecular formula is C11H8ClFN2O. The van der Waals surface area contributed by atoms with Gasteiger partial charge in [0.1, 0.15) is 11.9 Å². The van der Waals surface area contributed by atoms with Gasteiger partial charge in [0.05, 0.1) is 16.6 Å². The van der Waals surface area contributed by atoms with Crippen LogP contribution >= 0.6 is 11.6 Å². The number of hydrogen-bond donors (Lipinski definition) is 0. The molecule has 5 heteroatoms. The van der Waals surface area contributed by atoms with Gasteiger partial charge in [-0.1, -0.05) is 0 Å². The van der Waals surface area contributed by atoms with E-state index < -0.39 is 5.82 Å². The molecule has 0 aliphatic carbocycles. The summed E-state index contributed by atoms with van der Waals surface area (Å²) >= 11 is 5.86. The zero-order valence-corrected chi connectivity index (χ0v) is 9.04. The number of nitrogens with zero attached hydrogens (tertiary/aromatic N) is 2. The van der Waals surface area contributed by atoms with Crippen molar-refractivity contribution in [2.24, 2.45) is 0 Å². The first-order chi connectivity index (χ1) is 7.61. The zero-order chi connectivity index (χ0) is 11.7. The molecule has 0 saturated carbocycles. The van der Waals surface area contributed by atoms with Crippen LogP contribution in [0.3, 0.4) is 0 Å². The Morgan fingerprint density at radius 2 is 2.31 bits per heavy atom. The number of carbonyl (C=O) groups excluding carboxylic acids is 1. The van der Waals surface area contributed by atoms with Crippen LogP contribution in [0.1, 0.15) is 12.0 Å².